The molecule has 1 aromatic rings. The maximum atomic E-state index is 12.2. The predicted octanol–water partition coefficient (Wildman–Crippen LogP) is 2.67. The Bertz CT molecular complexity index is 614. The lowest BCUT2D eigenvalue weighted by Crippen LogP contribution is -2.32. The number of carbonyl (C=O) groups is 1. The molecule has 0 aliphatic carbocycles. The lowest BCUT2D eigenvalue weighted by molar-refractivity contribution is 0.0697. The zero-order valence-corrected chi connectivity index (χ0v) is 14.0. The van der Waals surface area contributed by atoms with E-state index < -0.39 is 16.0 Å². The van der Waals surface area contributed by atoms with E-state index in [1.54, 1.807) is 6.92 Å². The van der Waals surface area contributed by atoms with Crippen LogP contribution in [0.1, 0.15) is 50.4 Å². The average molecular weight is 328 g/mol. The van der Waals surface area contributed by atoms with Gasteiger partial charge in [-0.3, -0.25) is 0 Å². The molecule has 0 aliphatic rings. The molecule has 0 saturated heterocycles. The van der Waals surface area contributed by atoms with Gasteiger partial charge in [-0.15, -0.1) is 0 Å². The number of rotatable bonds is 9. The van der Waals surface area contributed by atoms with E-state index in [4.69, 9.17) is 0 Å². The molecule has 0 unspecified atom stereocenters. The van der Waals surface area contributed by atoms with Crippen LogP contribution >= 0.6 is 0 Å². The fraction of sp³-hybridized carbons (Fsp3) is 0.533. The van der Waals surface area contributed by atoms with Crippen LogP contribution in [0.15, 0.2) is 23.1 Å². The highest BCUT2D eigenvalue weighted by Crippen LogP contribution is 2.21. The van der Waals surface area contributed by atoms with Crippen molar-refractivity contribution in [2.45, 2.75) is 51.0 Å². The Labute approximate surface area is 132 Å². The summed E-state index contributed by atoms with van der Waals surface area (Å²) in [5.41, 5.74) is 0.395. The number of anilines is 1. The number of hydrogen-bond acceptors (Lipinski definition) is 4. The largest absolute Gasteiger partial charge is 0.478 e. The Morgan fingerprint density at radius 1 is 1.32 bits per heavy atom. The molecule has 6 nitrogen and oxygen atoms in total. The second-order valence-electron chi connectivity index (χ2n) is 5.22. The lowest BCUT2D eigenvalue weighted by atomic mass is 10.1. The van der Waals surface area contributed by atoms with Gasteiger partial charge in [-0.25, -0.2) is 17.9 Å². The van der Waals surface area contributed by atoms with E-state index in [1.807, 2.05) is 13.8 Å². The molecule has 1 rings (SSSR count). The van der Waals surface area contributed by atoms with Crippen LogP contribution in [-0.2, 0) is 10.0 Å². The normalized spacial score (nSPS) is 12.9. The molecule has 0 heterocycles. The Kier molecular flexibility index (Phi) is 6.83. The lowest BCUT2D eigenvalue weighted by Gasteiger charge is -2.14. The van der Waals surface area contributed by atoms with Gasteiger partial charge in [-0.2, -0.15) is 0 Å². The van der Waals surface area contributed by atoms with Gasteiger partial charge in [0.2, 0.25) is 10.0 Å². The van der Waals surface area contributed by atoms with Crippen LogP contribution in [0.4, 0.5) is 5.69 Å². The molecule has 0 aliphatic heterocycles. The Morgan fingerprint density at radius 3 is 2.55 bits per heavy atom. The summed E-state index contributed by atoms with van der Waals surface area (Å²) in [5, 5.41) is 12.3. The molecule has 124 valence electrons. The topological polar surface area (TPSA) is 95.5 Å². The summed E-state index contributed by atoms with van der Waals surface area (Å²) < 4.78 is 27.0. The highest BCUT2D eigenvalue weighted by atomic mass is 32.2. The number of carboxylic acid groups (broad SMARTS) is 1. The molecule has 0 fully saturated rings. The molecule has 1 aromatic carbocycles. The summed E-state index contributed by atoms with van der Waals surface area (Å²) in [4.78, 5) is 11.3. The summed E-state index contributed by atoms with van der Waals surface area (Å²) in [7, 11) is -3.71. The Hall–Kier alpha value is -1.60. The van der Waals surface area contributed by atoms with Crippen molar-refractivity contribution in [3.63, 3.8) is 0 Å². The molecule has 1 atom stereocenters. The molecule has 3 N–H and O–H groups in total. The number of aromatic carboxylic acids is 1. The van der Waals surface area contributed by atoms with Crippen molar-refractivity contribution in [2.24, 2.45) is 0 Å². The average Bonchev–Trinajstić information content (AvgIpc) is 2.46. The third-order valence-electron chi connectivity index (χ3n) is 3.35. The number of carboxylic acids is 1. The van der Waals surface area contributed by atoms with Crippen molar-refractivity contribution in [1.82, 2.24) is 4.72 Å². The first-order valence-corrected chi connectivity index (χ1v) is 8.93. The van der Waals surface area contributed by atoms with Gasteiger partial charge >= 0.3 is 5.97 Å². The van der Waals surface area contributed by atoms with Crippen molar-refractivity contribution in [3.8, 4) is 0 Å². The smallest absolute Gasteiger partial charge is 0.337 e. The van der Waals surface area contributed by atoms with Gasteiger partial charge in [-0.1, -0.05) is 20.3 Å². The minimum atomic E-state index is -3.71. The minimum Gasteiger partial charge on any atom is -0.478 e. The summed E-state index contributed by atoms with van der Waals surface area (Å²) in [6, 6.07) is 3.91. The molecule has 0 radical (unpaired) electrons. The summed E-state index contributed by atoms with van der Waals surface area (Å²) in [6.07, 6.45) is 2.55. The zero-order chi connectivity index (χ0) is 16.8. The van der Waals surface area contributed by atoms with Crippen molar-refractivity contribution in [1.29, 1.82) is 0 Å². The van der Waals surface area contributed by atoms with Gasteiger partial charge in [0.1, 0.15) is 0 Å². The minimum absolute atomic E-state index is 0.0359. The maximum absolute atomic E-state index is 12.2. The van der Waals surface area contributed by atoms with Crippen molar-refractivity contribution < 1.29 is 18.3 Å². The molecule has 0 bridgehead atoms. The van der Waals surface area contributed by atoms with Crippen molar-refractivity contribution >= 4 is 21.7 Å². The summed E-state index contributed by atoms with van der Waals surface area (Å²) >= 11 is 0. The SMILES string of the molecule is CCCCNc1ccc(S(=O)(=O)N[C@H](C)CC)cc1C(=O)O. The molecule has 0 spiro atoms. The van der Waals surface area contributed by atoms with Gasteiger partial charge in [0.25, 0.3) is 0 Å². The highest BCUT2D eigenvalue weighted by Gasteiger charge is 2.20. The number of hydrogen-bond donors (Lipinski definition) is 3. The fourth-order valence-electron chi connectivity index (χ4n) is 1.84. The van der Waals surface area contributed by atoms with Gasteiger partial charge in [0.05, 0.1) is 10.5 Å². The quantitative estimate of drug-likeness (QED) is 0.606. The van der Waals surface area contributed by atoms with Gasteiger partial charge in [0, 0.05) is 18.3 Å². The first kappa shape index (κ1) is 18.4. The van der Waals surface area contributed by atoms with E-state index in [0.29, 0.717) is 18.7 Å². The second-order valence-corrected chi connectivity index (χ2v) is 6.94. The van der Waals surface area contributed by atoms with Crippen LogP contribution in [0.25, 0.3) is 0 Å². The number of unbranched alkanes of at least 4 members (excludes halogenated alkanes) is 1. The standard InChI is InChI=1S/C15H24N2O4S/c1-4-6-9-16-14-8-7-12(10-13(14)15(18)19)22(20,21)17-11(3)5-2/h7-8,10-11,16-17H,4-6,9H2,1-3H3,(H,18,19)/t11-/m1/s1. The van der Waals surface area contributed by atoms with Gasteiger partial charge < -0.3 is 10.4 Å². The van der Waals surface area contributed by atoms with Crippen LogP contribution in [-0.4, -0.2) is 32.1 Å². The first-order chi connectivity index (χ1) is 10.3. The number of nitrogens with one attached hydrogen (secondary N) is 2. The van der Waals surface area contributed by atoms with E-state index >= 15 is 0 Å². The molecule has 0 saturated carbocycles. The van der Waals surface area contributed by atoms with Crippen LogP contribution in [0, 0.1) is 0 Å². The van der Waals surface area contributed by atoms with E-state index in [0.717, 1.165) is 12.8 Å². The van der Waals surface area contributed by atoms with E-state index in [1.165, 1.54) is 18.2 Å². The summed E-state index contributed by atoms with van der Waals surface area (Å²) in [6.45, 7) is 6.32. The second kappa shape index (κ2) is 8.14. The van der Waals surface area contributed by atoms with Gasteiger partial charge in [0.15, 0.2) is 0 Å². The zero-order valence-electron chi connectivity index (χ0n) is 13.2. The van der Waals surface area contributed by atoms with Crippen LogP contribution in [0.3, 0.4) is 0 Å². The van der Waals surface area contributed by atoms with Crippen LogP contribution in [0.5, 0.6) is 0 Å². The number of sulfonamides is 1. The monoisotopic (exact) mass is 328 g/mol. The Morgan fingerprint density at radius 2 is 2.00 bits per heavy atom. The molecular weight excluding hydrogens is 304 g/mol. The van der Waals surface area contributed by atoms with E-state index in [9.17, 15) is 18.3 Å². The highest BCUT2D eigenvalue weighted by molar-refractivity contribution is 7.89. The molecular formula is C15H24N2O4S. The van der Waals surface area contributed by atoms with Crippen LogP contribution in [0.2, 0.25) is 0 Å². The molecule has 0 aromatic heterocycles. The van der Waals surface area contributed by atoms with Crippen LogP contribution < -0.4 is 10.0 Å². The molecule has 22 heavy (non-hydrogen) atoms. The van der Waals surface area contributed by atoms with Crippen molar-refractivity contribution in [3.05, 3.63) is 23.8 Å². The maximum Gasteiger partial charge on any atom is 0.337 e. The first-order valence-electron chi connectivity index (χ1n) is 7.45. The van der Waals surface area contributed by atoms with E-state index in [-0.39, 0.29) is 16.5 Å². The van der Waals surface area contributed by atoms with Crippen molar-refractivity contribution in [2.75, 3.05) is 11.9 Å². The molecule has 0 amide bonds. The fourth-order valence-corrected chi connectivity index (χ4v) is 3.19. The third kappa shape index (κ3) is 4.99. The number of benzene rings is 1. The molecule has 7 heteroatoms. The third-order valence-corrected chi connectivity index (χ3v) is 4.93. The Balaban J connectivity index is 3.09. The van der Waals surface area contributed by atoms with E-state index in [2.05, 4.69) is 10.0 Å². The summed E-state index contributed by atoms with van der Waals surface area (Å²) in [5.74, 6) is -1.15. The van der Waals surface area contributed by atoms with Gasteiger partial charge in [-0.05, 0) is 38.0 Å². The predicted molar refractivity (Wildman–Crippen MR) is 86.9 cm³/mol.